The minimum Gasteiger partial charge on any atom is -0.316 e. The standard InChI is InChI=1S/C11H20N4/c1-3-9(2)15-8-13-14-11(15)6-10-4-5-12-7-10/h8-10,12H,3-7H2,1-2H3. The quantitative estimate of drug-likeness (QED) is 0.813. The zero-order valence-corrected chi connectivity index (χ0v) is 9.61. The van der Waals surface area contributed by atoms with Crippen molar-refractivity contribution in [2.24, 2.45) is 5.92 Å². The van der Waals surface area contributed by atoms with Crippen molar-refractivity contribution < 1.29 is 0 Å². The Morgan fingerprint density at radius 1 is 1.67 bits per heavy atom. The maximum Gasteiger partial charge on any atom is 0.133 e. The van der Waals surface area contributed by atoms with Crippen molar-refractivity contribution in [1.29, 1.82) is 0 Å². The molecule has 1 aromatic heterocycles. The predicted octanol–water partition coefficient (Wildman–Crippen LogP) is 1.40. The molecule has 1 aliphatic rings. The van der Waals surface area contributed by atoms with Crippen LogP contribution in [-0.4, -0.2) is 27.9 Å². The maximum absolute atomic E-state index is 4.23. The lowest BCUT2D eigenvalue weighted by Gasteiger charge is -2.14. The Bertz CT molecular complexity index is 301. The van der Waals surface area contributed by atoms with Crippen LogP contribution >= 0.6 is 0 Å². The summed E-state index contributed by atoms with van der Waals surface area (Å²) in [5.41, 5.74) is 0. The van der Waals surface area contributed by atoms with Gasteiger partial charge in [-0.25, -0.2) is 0 Å². The first kappa shape index (κ1) is 10.6. The van der Waals surface area contributed by atoms with Gasteiger partial charge in [0, 0.05) is 12.5 Å². The number of rotatable bonds is 4. The molecule has 4 nitrogen and oxygen atoms in total. The molecule has 1 saturated heterocycles. The molecule has 0 aliphatic carbocycles. The van der Waals surface area contributed by atoms with Crippen LogP contribution in [0.5, 0.6) is 0 Å². The van der Waals surface area contributed by atoms with E-state index in [0.717, 1.165) is 37.7 Å². The van der Waals surface area contributed by atoms with Crippen LogP contribution in [0.1, 0.15) is 38.6 Å². The Morgan fingerprint density at radius 2 is 2.53 bits per heavy atom. The molecule has 0 radical (unpaired) electrons. The van der Waals surface area contributed by atoms with Crippen molar-refractivity contribution in [3.8, 4) is 0 Å². The third kappa shape index (κ3) is 2.37. The number of hydrogen-bond acceptors (Lipinski definition) is 3. The average molecular weight is 208 g/mol. The summed E-state index contributed by atoms with van der Waals surface area (Å²) in [6.45, 7) is 6.71. The highest BCUT2D eigenvalue weighted by atomic mass is 15.3. The molecule has 2 atom stereocenters. The molecule has 4 heteroatoms. The van der Waals surface area contributed by atoms with E-state index < -0.39 is 0 Å². The van der Waals surface area contributed by atoms with Gasteiger partial charge in [0.05, 0.1) is 0 Å². The van der Waals surface area contributed by atoms with Crippen molar-refractivity contribution >= 4 is 0 Å². The van der Waals surface area contributed by atoms with Crippen molar-refractivity contribution in [2.45, 2.75) is 39.2 Å². The first-order valence-electron chi connectivity index (χ1n) is 5.90. The van der Waals surface area contributed by atoms with E-state index in [1.807, 2.05) is 6.33 Å². The fourth-order valence-corrected chi connectivity index (χ4v) is 2.12. The summed E-state index contributed by atoms with van der Waals surface area (Å²) in [5, 5.41) is 11.6. The van der Waals surface area contributed by atoms with Gasteiger partial charge in [0.15, 0.2) is 0 Å². The smallest absolute Gasteiger partial charge is 0.133 e. The first-order valence-corrected chi connectivity index (χ1v) is 5.90. The van der Waals surface area contributed by atoms with Crippen molar-refractivity contribution in [2.75, 3.05) is 13.1 Å². The molecule has 0 saturated carbocycles. The SMILES string of the molecule is CCC(C)n1cnnc1CC1CCNC1. The van der Waals surface area contributed by atoms with Crippen LogP contribution < -0.4 is 5.32 Å². The zero-order chi connectivity index (χ0) is 10.7. The monoisotopic (exact) mass is 208 g/mol. The van der Waals surface area contributed by atoms with Gasteiger partial charge in [0.1, 0.15) is 12.2 Å². The molecule has 0 amide bonds. The molecule has 15 heavy (non-hydrogen) atoms. The second-order valence-electron chi connectivity index (χ2n) is 4.47. The second kappa shape index (κ2) is 4.75. The molecule has 1 aliphatic heterocycles. The fraction of sp³-hybridized carbons (Fsp3) is 0.818. The third-order valence-corrected chi connectivity index (χ3v) is 3.35. The summed E-state index contributed by atoms with van der Waals surface area (Å²) >= 11 is 0. The van der Waals surface area contributed by atoms with Gasteiger partial charge >= 0.3 is 0 Å². The maximum atomic E-state index is 4.23. The molecule has 0 aromatic carbocycles. The van der Waals surface area contributed by atoms with Gasteiger partial charge in [-0.3, -0.25) is 0 Å². The van der Waals surface area contributed by atoms with Crippen LogP contribution in [0, 0.1) is 5.92 Å². The van der Waals surface area contributed by atoms with Crippen LogP contribution in [0.25, 0.3) is 0 Å². The zero-order valence-electron chi connectivity index (χ0n) is 9.61. The Labute approximate surface area is 91.1 Å². The van der Waals surface area contributed by atoms with Gasteiger partial charge in [-0.1, -0.05) is 6.92 Å². The summed E-state index contributed by atoms with van der Waals surface area (Å²) in [7, 11) is 0. The van der Waals surface area contributed by atoms with Crippen LogP contribution in [0.2, 0.25) is 0 Å². The lowest BCUT2D eigenvalue weighted by Crippen LogP contribution is -2.15. The topological polar surface area (TPSA) is 42.7 Å². The highest BCUT2D eigenvalue weighted by molar-refractivity contribution is 4.92. The number of hydrogen-bond donors (Lipinski definition) is 1. The van der Waals surface area contributed by atoms with Gasteiger partial charge in [0.25, 0.3) is 0 Å². The Morgan fingerprint density at radius 3 is 3.20 bits per heavy atom. The molecule has 1 fully saturated rings. The number of aromatic nitrogens is 3. The molecule has 2 unspecified atom stereocenters. The summed E-state index contributed by atoms with van der Waals surface area (Å²) in [6, 6.07) is 0.518. The van der Waals surface area contributed by atoms with E-state index in [0.29, 0.717) is 6.04 Å². The molecule has 0 bridgehead atoms. The van der Waals surface area contributed by atoms with Gasteiger partial charge in [-0.05, 0) is 38.8 Å². The molecular weight excluding hydrogens is 188 g/mol. The van der Waals surface area contributed by atoms with Crippen molar-refractivity contribution in [3.05, 3.63) is 12.2 Å². The van der Waals surface area contributed by atoms with Gasteiger partial charge < -0.3 is 9.88 Å². The Balaban J connectivity index is 2.03. The second-order valence-corrected chi connectivity index (χ2v) is 4.47. The largest absolute Gasteiger partial charge is 0.316 e. The van der Waals surface area contributed by atoms with Crippen LogP contribution in [0.4, 0.5) is 0 Å². The number of nitrogens with zero attached hydrogens (tertiary/aromatic N) is 3. The molecule has 1 aromatic rings. The van der Waals surface area contributed by atoms with E-state index in [-0.39, 0.29) is 0 Å². The Hall–Kier alpha value is -0.900. The lowest BCUT2D eigenvalue weighted by molar-refractivity contribution is 0.476. The molecular formula is C11H20N4. The minimum absolute atomic E-state index is 0.518. The average Bonchev–Trinajstić information content (AvgIpc) is 2.88. The highest BCUT2D eigenvalue weighted by Gasteiger charge is 2.18. The van der Waals surface area contributed by atoms with Crippen LogP contribution in [0.3, 0.4) is 0 Å². The predicted molar refractivity (Wildman–Crippen MR) is 59.7 cm³/mol. The summed E-state index contributed by atoms with van der Waals surface area (Å²) < 4.78 is 2.22. The first-order chi connectivity index (χ1) is 7.31. The highest BCUT2D eigenvalue weighted by Crippen LogP contribution is 2.17. The minimum atomic E-state index is 0.518. The van der Waals surface area contributed by atoms with Crippen molar-refractivity contribution in [3.63, 3.8) is 0 Å². The van der Waals surface area contributed by atoms with E-state index in [1.54, 1.807) is 0 Å². The van der Waals surface area contributed by atoms with E-state index >= 15 is 0 Å². The Kier molecular flexibility index (Phi) is 3.36. The van der Waals surface area contributed by atoms with Crippen LogP contribution in [-0.2, 0) is 6.42 Å². The molecule has 0 spiro atoms. The summed E-state index contributed by atoms with van der Waals surface area (Å²) in [6.07, 6.45) is 5.34. The van der Waals surface area contributed by atoms with E-state index in [9.17, 15) is 0 Å². The van der Waals surface area contributed by atoms with E-state index in [2.05, 4.69) is 33.9 Å². The van der Waals surface area contributed by atoms with Gasteiger partial charge in [0.2, 0.25) is 0 Å². The van der Waals surface area contributed by atoms with E-state index in [1.165, 1.54) is 6.42 Å². The van der Waals surface area contributed by atoms with Crippen LogP contribution in [0.15, 0.2) is 6.33 Å². The summed E-state index contributed by atoms with van der Waals surface area (Å²) in [5.74, 6) is 1.90. The molecule has 84 valence electrons. The number of nitrogens with one attached hydrogen (secondary N) is 1. The van der Waals surface area contributed by atoms with Crippen molar-refractivity contribution in [1.82, 2.24) is 20.1 Å². The molecule has 2 rings (SSSR count). The normalized spacial score (nSPS) is 23.2. The summed E-state index contributed by atoms with van der Waals surface area (Å²) in [4.78, 5) is 0. The third-order valence-electron chi connectivity index (χ3n) is 3.35. The lowest BCUT2D eigenvalue weighted by atomic mass is 10.0. The molecule has 1 N–H and O–H groups in total. The molecule has 2 heterocycles. The van der Waals surface area contributed by atoms with Gasteiger partial charge in [-0.2, -0.15) is 0 Å². The van der Waals surface area contributed by atoms with Gasteiger partial charge in [-0.15, -0.1) is 10.2 Å². The van der Waals surface area contributed by atoms with E-state index in [4.69, 9.17) is 0 Å². The fourth-order valence-electron chi connectivity index (χ4n) is 2.12.